The number of allylic oxidation sites excluding steroid dienone is 3. The molecule has 6 heteroatoms. The molecule has 1 rings (SSSR count). The molecule has 0 aliphatic carbocycles. The van der Waals surface area contributed by atoms with E-state index in [0.717, 1.165) is 0 Å². The van der Waals surface area contributed by atoms with Crippen LogP contribution in [0.3, 0.4) is 0 Å². The molecule has 0 N–H and O–H groups in total. The average molecular weight is 389 g/mol. The Kier molecular flexibility index (Phi) is 5.35. The second-order valence-electron chi connectivity index (χ2n) is 2.55. The number of alkyl halides is 3. The first-order valence-corrected chi connectivity index (χ1v) is 4.41. The molecule has 0 bridgehead atoms. The van der Waals surface area contributed by atoms with Crippen molar-refractivity contribution in [3.63, 3.8) is 0 Å². The predicted octanol–water partition coefficient (Wildman–Crippen LogP) is 3.01. The van der Waals surface area contributed by atoms with Gasteiger partial charge in [0.15, 0.2) is 0 Å². The molecule has 1 heterocycles. The third-order valence-corrected chi connectivity index (χ3v) is 2.40. The van der Waals surface area contributed by atoms with Crippen LogP contribution in [0.25, 0.3) is 0 Å². The predicted molar refractivity (Wildman–Crippen MR) is 51.8 cm³/mol. The Balaban J connectivity index is 0.00000169. The van der Waals surface area contributed by atoms with Gasteiger partial charge in [0, 0.05) is 32.7 Å². The van der Waals surface area contributed by atoms with Crippen molar-refractivity contribution in [1.82, 2.24) is 4.90 Å². The first-order chi connectivity index (χ1) is 5.82. The van der Waals surface area contributed by atoms with Crippen LogP contribution in [0.1, 0.15) is 0 Å². The minimum Gasteiger partial charge on any atom is -0.462 e. The Hall–Kier alpha value is 0.644. The Morgan fingerprint density at radius 2 is 2.00 bits per heavy atom. The van der Waals surface area contributed by atoms with Gasteiger partial charge in [-0.1, -0.05) is 38.6 Å². The minimum absolute atomic E-state index is 0. The zero-order chi connectivity index (χ0) is 10.2. The van der Waals surface area contributed by atoms with Crippen molar-refractivity contribution in [3.05, 3.63) is 33.7 Å². The van der Waals surface area contributed by atoms with Crippen molar-refractivity contribution >= 4 is 22.6 Å². The van der Waals surface area contributed by atoms with E-state index >= 15 is 0 Å². The molecule has 0 unspecified atom stereocenters. The summed E-state index contributed by atoms with van der Waals surface area (Å²) >= 11 is 1.81. The van der Waals surface area contributed by atoms with Crippen LogP contribution < -0.4 is 0 Å². The van der Waals surface area contributed by atoms with E-state index in [-0.39, 0.29) is 38.3 Å². The van der Waals surface area contributed by atoms with Crippen molar-refractivity contribution in [2.24, 2.45) is 0 Å². The Morgan fingerprint density at radius 3 is 2.43 bits per heavy atom. The molecule has 0 fully saturated rings. The summed E-state index contributed by atoms with van der Waals surface area (Å²) in [6.45, 7) is 3.36. The molecule has 75 valence electrons. The maximum atomic E-state index is 12.3. The molecule has 14 heavy (non-hydrogen) atoms. The second-order valence-corrected chi connectivity index (χ2v) is 3.71. The third kappa shape index (κ3) is 3.34. The van der Waals surface area contributed by atoms with Crippen LogP contribution in [0.2, 0.25) is 0 Å². The van der Waals surface area contributed by atoms with Crippen LogP contribution in [0.4, 0.5) is 13.2 Å². The van der Waals surface area contributed by atoms with E-state index in [9.17, 15) is 13.2 Å². The summed E-state index contributed by atoms with van der Waals surface area (Å²) in [5.41, 5.74) is -0.826. The Bertz CT molecular complexity index is 306. The van der Waals surface area contributed by atoms with Gasteiger partial charge in [0.25, 0.3) is 0 Å². The van der Waals surface area contributed by atoms with Gasteiger partial charge in [-0.05, 0) is 12.6 Å². The van der Waals surface area contributed by atoms with E-state index in [4.69, 9.17) is 0 Å². The van der Waals surface area contributed by atoms with Crippen LogP contribution in [0.5, 0.6) is 0 Å². The van der Waals surface area contributed by atoms with E-state index in [1.165, 1.54) is 18.1 Å². The normalized spacial score (nSPS) is 17.2. The summed E-state index contributed by atoms with van der Waals surface area (Å²) in [5, 5.41) is 0. The summed E-state index contributed by atoms with van der Waals surface area (Å²) in [6, 6.07) is 0. The Morgan fingerprint density at radius 1 is 1.50 bits per heavy atom. The number of halogens is 4. The monoisotopic (exact) mass is 389 g/mol. The number of rotatable bonds is 0. The van der Waals surface area contributed by atoms with E-state index in [1.54, 1.807) is 0 Å². The van der Waals surface area contributed by atoms with Crippen molar-refractivity contribution in [2.45, 2.75) is 6.18 Å². The number of hydrogen-bond acceptors (Lipinski definition) is 1. The molecule has 0 atom stereocenters. The van der Waals surface area contributed by atoms with E-state index in [1.807, 2.05) is 22.6 Å². The van der Waals surface area contributed by atoms with Crippen molar-refractivity contribution in [3.8, 4) is 0 Å². The molecular formula is C8H6F3INY-. The van der Waals surface area contributed by atoms with E-state index in [2.05, 4.69) is 12.8 Å². The fraction of sp³-hybridized carbons (Fsp3) is 0.250. The van der Waals surface area contributed by atoms with Gasteiger partial charge in [-0.3, -0.25) is 0 Å². The van der Waals surface area contributed by atoms with E-state index < -0.39 is 11.7 Å². The van der Waals surface area contributed by atoms with Crippen LogP contribution in [0.15, 0.2) is 27.5 Å². The van der Waals surface area contributed by atoms with Gasteiger partial charge in [0.2, 0.25) is 0 Å². The number of nitrogens with zero attached hydrogens (tertiary/aromatic N) is 1. The van der Waals surface area contributed by atoms with Crippen LogP contribution in [-0.4, -0.2) is 18.1 Å². The molecule has 0 aromatic carbocycles. The largest absolute Gasteiger partial charge is 0.462 e. The van der Waals surface area contributed by atoms with Gasteiger partial charge in [0.05, 0.1) is 0 Å². The summed E-state index contributed by atoms with van der Waals surface area (Å²) in [4.78, 5) is 1.25. The molecule has 1 radical (unpaired) electrons. The van der Waals surface area contributed by atoms with Gasteiger partial charge in [-0.15, -0.1) is 12.2 Å². The molecule has 0 saturated heterocycles. The van der Waals surface area contributed by atoms with Crippen LogP contribution in [-0.2, 0) is 32.7 Å². The van der Waals surface area contributed by atoms with Gasteiger partial charge in [-0.25, -0.2) is 0 Å². The van der Waals surface area contributed by atoms with Gasteiger partial charge >= 0.3 is 6.18 Å². The van der Waals surface area contributed by atoms with Gasteiger partial charge in [0.1, 0.15) is 0 Å². The van der Waals surface area contributed by atoms with Crippen molar-refractivity contribution < 1.29 is 45.9 Å². The Labute approximate surface area is 119 Å². The maximum absolute atomic E-state index is 12.3. The maximum Gasteiger partial charge on any atom is 0.396 e. The molecule has 1 nitrogen and oxygen atoms in total. The van der Waals surface area contributed by atoms with Crippen LogP contribution in [0, 0.1) is 6.20 Å². The summed E-state index contributed by atoms with van der Waals surface area (Å²) < 4.78 is 37.4. The quantitative estimate of drug-likeness (QED) is 0.455. The fourth-order valence-corrected chi connectivity index (χ4v) is 1.57. The zero-order valence-electron chi connectivity index (χ0n) is 7.32. The molecule has 0 spiro atoms. The van der Waals surface area contributed by atoms with Crippen molar-refractivity contribution in [2.75, 3.05) is 7.05 Å². The van der Waals surface area contributed by atoms with Gasteiger partial charge < -0.3 is 4.90 Å². The fourth-order valence-electron chi connectivity index (χ4n) is 0.878. The molecule has 0 aromatic rings. The van der Waals surface area contributed by atoms with E-state index in [0.29, 0.717) is 3.58 Å². The van der Waals surface area contributed by atoms with Gasteiger partial charge in [-0.2, -0.15) is 13.2 Å². The molecule has 1 aliphatic rings. The topological polar surface area (TPSA) is 3.24 Å². The van der Waals surface area contributed by atoms with Crippen molar-refractivity contribution in [1.29, 1.82) is 0 Å². The molecule has 0 saturated carbocycles. The summed E-state index contributed by atoms with van der Waals surface area (Å²) in [6.07, 6.45) is -0.658. The third-order valence-electron chi connectivity index (χ3n) is 1.47. The van der Waals surface area contributed by atoms with Crippen LogP contribution >= 0.6 is 22.6 Å². The zero-order valence-corrected chi connectivity index (χ0v) is 12.3. The first kappa shape index (κ1) is 14.6. The second kappa shape index (κ2) is 5.12. The summed E-state index contributed by atoms with van der Waals surface area (Å²) in [7, 11) is 1.50. The molecule has 1 aliphatic heterocycles. The SMILES string of the molecule is C=C1C(C(F)(F)F)=[C-]N(C)C=C1I.[Y]. The molecule has 0 aromatic heterocycles. The molecular weight excluding hydrogens is 383 g/mol. The average Bonchev–Trinajstić information content (AvgIpc) is 1.94. The summed E-state index contributed by atoms with van der Waals surface area (Å²) in [5.74, 6) is 0. The number of hydrogen-bond donors (Lipinski definition) is 0. The first-order valence-electron chi connectivity index (χ1n) is 3.33. The molecule has 0 amide bonds. The standard InChI is InChI=1S/C8H6F3IN.Y/c1-5-6(8(9,10)11)3-13(2)4-7(5)12;/h4H,1H2,2H3;/q-1;. The smallest absolute Gasteiger partial charge is 0.396 e. The minimum atomic E-state index is -4.38.